The van der Waals surface area contributed by atoms with Gasteiger partial charge in [-0.1, -0.05) is 0 Å². The van der Waals surface area contributed by atoms with Crippen molar-refractivity contribution in [2.75, 3.05) is 23.9 Å². The van der Waals surface area contributed by atoms with Crippen molar-refractivity contribution in [1.29, 1.82) is 0 Å². The van der Waals surface area contributed by atoms with Crippen LogP contribution in [0.25, 0.3) is 4.91 Å². The van der Waals surface area contributed by atoms with Crippen molar-refractivity contribution in [2.24, 2.45) is 0 Å². The Hall–Kier alpha value is -1.79. The molecule has 114 valence electrons. The van der Waals surface area contributed by atoms with Crippen LogP contribution in [0.1, 0.15) is 24.0 Å². The fourth-order valence-electron chi connectivity index (χ4n) is 2.95. The minimum atomic E-state index is 0.903. The van der Waals surface area contributed by atoms with Crippen molar-refractivity contribution in [3.8, 4) is 0 Å². The number of aromatic amines is 1. The Kier molecular flexibility index (Phi) is 3.86. The average molecular weight is 313 g/mol. The lowest BCUT2D eigenvalue weighted by Gasteiger charge is -2.17. The summed E-state index contributed by atoms with van der Waals surface area (Å²) in [6.45, 7) is 3.48. The molecule has 0 bridgehead atoms. The van der Waals surface area contributed by atoms with Gasteiger partial charge in [0.25, 0.3) is 0 Å². The molecule has 0 amide bonds. The van der Waals surface area contributed by atoms with Gasteiger partial charge in [-0.3, -0.25) is 10.00 Å². The third kappa shape index (κ3) is 2.89. The molecule has 1 fully saturated rings. The summed E-state index contributed by atoms with van der Waals surface area (Å²) in [4.78, 5) is 10.5. The van der Waals surface area contributed by atoms with Gasteiger partial charge >= 0.3 is 0 Å². The summed E-state index contributed by atoms with van der Waals surface area (Å²) in [7, 11) is 0. The van der Waals surface area contributed by atoms with E-state index in [4.69, 9.17) is 0 Å². The van der Waals surface area contributed by atoms with Gasteiger partial charge in [-0.25, -0.2) is 4.98 Å². The van der Waals surface area contributed by atoms with Crippen LogP contribution in [0.5, 0.6) is 0 Å². The molecule has 0 aliphatic carbocycles. The van der Waals surface area contributed by atoms with Gasteiger partial charge in [-0.2, -0.15) is 5.10 Å². The predicted molar refractivity (Wildman–Crippen MR) is 90.2 cm³/mol. The molecular weight excluding hydrogens is 294 g/mol. The number of aromatic nitrogens is 3. The van der Waals surface area contributed by atoms with E-state index < -0.39 is 0 Å². The molecule has 22 heavy (non-hydrogen) atoms. The Labute approximate surface area is 134 Å². The minimum Gasteiger partial charge on any atom is -0.322 e. The van der Waals surface area contributed by atoms with Crippen LogP contribution in [0, 0.1) is 0 Å². The number of anilines is 1. The Morgan fingerprint density at radius 2 is 2.18 bits per heavy atom. The Balaban J connectivity index is 1.50. The zero-order valence-electron chi connectivity index (χ0n) is 12.4. The van der Waals surface area contributed by atoms with Crippen molar-refractivity contribution in [2.45, 2.75) is 19.4 Å². The van der Waals surface area contributed by atoms with Gasteiger partial charge in [-0.05, 0) is 43.6 Å². The lowest BCUT2D eigenvalue weighted by Crippen LogP contribution is -2.19. The average Bonchev–Trinajstić information content (AvgIpc) is 3.29. The highest BCUT2D eigenvalue weighted by Crippen LogP contribution is 2.35. The van der Waals surface area contributed by atoms with Crippen LogP contribution in [0.3, 0.4) is 0 Å². The molecule has 2 aliphatic rings. The maximum atomic E-state index is 4.54. The zero-order chi connectivity index (χ0) is 14.8. The van der Waals surface area contributed by atoms with Gasteiger partial charge in [0.2, 0.25) is 0 Å². The highest BCUT2D eigenvalue weighted by molar-refractivity contribution is 8.08. The zero-order valence-corrected chi connectivity index (χ0v) is 13.2. The standard InChI is InChI=1S/C16H19N5S/c1-2-6-20(5-1)10-13-3-4-17-16(7-13)21-11-15(22-12-21)14-8-18-19-9-14/h3-4,7-9,11H,1-2,5-6,10,12H2,(H,18,19). The minimum absolute atomic E-state index is 0.903. The number of pyridine rings is 1. The number of H-pyrrole nitrogens is 1. The summed E-state index contributed by atoms with van der Waals surface area (Å²) in [6.07, 6.45) is 10.5. The second-order valence-electron chi connectivity index (χ2n) is 5.73. The van der Waals surface area contributed by atoms with Gasteiger partial charge in [0.1, 0.15) is 5.82 Å². The molecule has 1 saturated heterocycles. The smallest absolute Gasteiger partial charge is 0.133 e. The van der Waals surface area contributed by atoms with E-state index >= 15 is 0 Å². The lowest BCUT2D eigenvalue weighted by molar-refractivity contribution is 0.331. The maximum absolute atomic E-state index is 4.54. The first-order valence-corrected chi connectivity index (χ1v) is 8.65. The van der Waals surface area contributed by atoms with E-state index in [1.807, 2.05) is 30.4 Å². The van der Waals surface area contributed by atoms with Crippen LogP contribution < -0.4 is 4.90 Å². The second kappa shape index (κ2) is 6.14. The Bertz CT molecular complexity index is 661. The van der Waals surface area contributed by atoms with E-state index in [2.05, 4.69) is 43.3 Å². The fraction of sp³-hybridized carbons (Fsp3) is 0.375. The molecule has 0 spiro atoms. The maximum Gasteiger partial charge on any atom is 0.133 e. The quantitative estimate of drug-likeness (QED) is 0.940. The van der Waals surface area contributed by atoms with Crippen LogP contribution in [-0.2, 0) is 6.54 Å². The van der Waals surface area contributed by atoms with E-state index in [1.54, 1.807) is 0 Å². The molecule has 4 rings (SSSR count). The van der Waals surface area contributed by atoms with Crippen LogP contribution in [0.15, 0.2) is 36.9 Å². The number of hydrogen-bond acceptors (Lipinski definition) is 5. The number of nitrogens with one attached hydrogen (secondary N) is 1. The van der Waals surface area contributed by atoms with Crippen LogP contribution in [0.2, 0.25) is 0 Å². The third-order valence-electron chi connectivity index (χ3n) is 4.12. The summed E-state index contributed by atoms with van der Waals surface area (Å²) in [5.41, 5.74) is 2.49. The first-order chi connectivity index (χ1) is 10.9. The molecule has 4 heterocycles. The summed E-state index contributed by atoms with van der Waals surface area (Å²) < 4.78 is 0. The molecule has 1 N–H and O–H groups in total. The van der Waals surface area contributed by atoms with Crippen molar-refractivity contribution < 1.29 is 0 Å². The first kappa shape index (κ1) is 13.8. The highest BCUT2D eigenvalue weighted by atomic mass is 32.2. The molecular formula is C16H19N5S. The highest BCUT2D eigenvalue weighted by Gasteiger charge is 2.18. The van der Waals surface area contributed by atoms with Crippen LogP contribution in [-0.4, -0.2) is 39.0 Å². The first-order valence-electron chi connectivity index (χ1n) is 7.66. The van der Waals surface area contributed by atoms with Crippen molar-refractivity contribution >= 4 is 22.5 Å². The van der Waals surface area contributed by atoms with E-state index in [0.717, 1.165) is 23.8 Å². The van der Waals surface area contributed by atoms with Gasteiger partial charge in [0, 0.05) is 35.6 Å². The van der Waals surface area contributed by atoms with E-state index in [0.29, 0.717) is 0 Å². The summed E-state index contributed by atoms with van der Waals surface area (Å²) >= 11 is 1.82. The molecule has 0 radical (unpaired) electrons. The van der Waals surface area contributed by atoms with Gasteiger partial charge in [0.15, 0.2) is 0 Å². The van der Waals surface area contributed by atoms with Crippen molar-refractivity contribution in [3.63, 3.8) is 0 Å². The molecule has 0 unspecified atom stereocenters. The molecule has 0 saturated carbocycles. The van der Waals surface area contributed by atoms with E-state index in [9.17, 15) is 0 Å². The van der Waals surface area contributed by atoms with Crippen molar-refractivity contribution in [1.82, 2.24) is 20.1 Å². The number of nitrogens with zero attached hydrogens (tertiary/aromatic N) is 4. The Morgan fingerprint density at radius 1 is 1.27 bits per heavy atom. The van der Waals surface area contributed by atoms with Gasteiger partial charge in [0.05, 0.1) is 12.1 Å². The number of hydrogen-bond donors (Lipinski definition) is 1. The molecule has 2 aromatic rings. The lowest BCUT2D eigenvalue weighted by atomic mass is 10.2. The van der Waals surface area contributed by atoms with Gasteiger partial charge in [-0.15, -0.1) is 11.8 Å². The molecule has 0 aromatic carbocycles. The summed E-state index contributed by atoms with van der Waals surface area (Å²) in [5.74, 6) is 1.93. The predicted octanol–water partition coefficient (Wildman–Crippen LogP) is 2.91. The molecule has 2 aromatic heterocycles. The summed E-state index contributed by atoms with van der Waals surface area (Å²) in [5, 5.41) is 6.88. The van der Waals surface area contributed by atoms with E-state index in [-0.39, 0.29) is 0 Å². The van der Waals surface area contributed by atoms with E-state index in [1.165, 1.54) is 36.4 Å². The molecule has 5 nitrogen and oxygen atoms in total. The third-order valence-corrected chi connectivity index (χ3v) is 5.18. The molecule has 0 atom stereocenters. The molecule has 6 heteroatoms. The largest absolute Gasteiger partial charge is 0.322 e. The second-order valence-corrected chi connectivity index (χ2v) is 6.72. The SMILES string of the molecule is C1=C(c2cn[nH]c2)SCN1c1cc(CN2CCCC2)ccn1. The Morgan fingerprint density at radius 3 is 3.00 bits per heavy atom. The van der Waals surface area contributed by atoms with Crippen LogP contribution >= 0.6 is 11.8 Å². The number of likely N-dealkylation sites (tertiary alicyclic amines) is 1. The van der Waals surface area contributed by atoms with Crippen molar-refractivity contribution in [3.05, 3.63) is 48.1 Å². The van der Waals surface area contributed by atoms with Gasteiger partial charge < -0.3 is 4.90 Å². The number of rotatable bonds is 4. The topological polar surface area (TPSA) is 48.1 Å². The molecule has 2 aliphatic heterocycles. The van der Waals surface area contributed by atoms with Crippen LogP contribution in [0.4, 0.5) is 5.82 Å². The fourth-order valence-corrected chi connectivity index (χ4v) is 3.91. The summed E-state index contributed by atoms with van der Waals surface area (Å²) in [6, 6.07) is 4.35. The monoisotopic (exact) mass is 313 g/mol. The normalized spacial score (nSPS) is 18.9. The number of thioether (sulfide) groups is 1.